The number of likely N-dealkylation sites (N-methyl/N-ethyl adjacent to an activating group) is 1. The van der Waals surface area contributed by atoms with Crippen LogP contribution in [0.1, 0.15) is 37.0 Å². The van der Waals surface area contributed by atoms with Crippen LogP contribution in [-0.4, -0.2) is 55.1 Å². The lowest BCUT2D eigenvalue weighted by molar-refractivity contribution is -0.141. The first-order valence-corrected chi connectivity index (χ1v) is 14.7. The Bertz CT molecular complexity index is 1360. The van der Waals surface area contributed by atoms with Crippen molar-refractivity contribution < 1.29 is 18.0 Å². The number of rotatable bonds is 12. The number of nitrogens with one attached hydrogen (secondary N) is 1. The molecule has 0 radical (unpaired) electrons. The van der Waals surface area contributed by atoms with Crippen LogP contribution in [0.15, 0.2) is 83.8 Å². The van der Waals surface area contributed by atoms with E-state index in [0.29, 0.717) is 5.02 Å². The third-order valence-electron chi connectivity index (χ3n) is 6.59. The molecule has 3 aromatic rings. The van der Waals surface area contributed by atoms with Gasteiger partial charge in [0.05, 0.1) is 11.4 Å². The third-order valence-corrected chi connectivity index (χ3v) is 8.66. The largest absolute Gasteiger partial charge is 0.352 e. The van der Waals surface area contributed by atoms with E-state index in [0.717, 1.165) is 27.4 Å². The smallest absolute Gasteiger partial charge is 0.243 e. The van der Waals surface area contributed by atoms with Gasteiger partial charge in [0.1, 0.15) is 6.04 Å². The highest BCUT2D eigenvalue weighted by Gasteiger charge is 2.33. The van der Waals surface area contributed by atoms with E-state index in [1.165, 1.54) is 36.2 Å². The normalized spacial score (nSPS) is 13.1. The van der Waals surface area contributed by atoms with Gasteiger partial charge < -0.3 is 10.2 Å². The molecule has 2 atom stereocenters. The Morgan fingerprint density at radius 1 is 0.949 bits per heavy atom. The number of sulfonamides is 1. The minimum atomic E-state index is -3.97. The number of carbonyl (C=O) groups excluding carboxylic acids is 2. The number of benzene rings is 3. The Hall–Kier alpha value is -3.20. The van der Waals surface area contributed by atoms with Crippen LogP contribution in [0.5, 0.6) is 0 Å². The second-order valence-electron chi connectivity index (χ2n) is 9.75. The van der Waals surface area contributed by atoms with Crippen LogP contribution in [-0.2, 0) is 32.6 Å². The fourth-order valence-corrected chi connectivity index (χ4v) is 5.40. The monoisotopic (exact) mass is 569 g/mol. The zero-order valence-electron chi connectivity index (χ0n) is 22.8. The topological polar surface area (TPSA) is 86.8 Å². The van der Waals surface area contributed by atoms with Crippen LogP contribution < -0.4 is 5.32 Å². The number of aryl methyl sites for hydroxylation is 1. The molecule has 39 heavy (non-hydrogen) atoms. The molecule has 0 aliphatic carbocycles. The van der Waals surface area contributed by atoms with Crippen molar-refractivity contribution in [1.82, 2.24) is 14.5 Å². The molecule has 0 aliphatic heterocycles. The van der Waals surface area contributed by atoms with Gasteiger partial charge in [-0.2, -0.15) is 4.31 Å². The van der Waals surface area contributed by atoms with Crippen LogP contribution >= 0.6 is 11.6 Å². The molecule has 0 bridgehead atoms. The zero-order chi connectivity index (χ0) is 28.6. The van der Waals surface area contributed by atoms with Crippen molar-refractivity contribution in [3.05, 3.63) is 101 Å². The van der Waals surface area contributed by atoms with Gasteiger partial charge in [0.15, 0.2) is 0 Å². The second kappa shape index (κ2) is 13.7. The van der Waals surface area contributed by atoms with E-state index in [1.54, 1.807) is 0 Å². The van der Waals surface area contributed by atoms with Gasteiger partial charge in [-0.15, -0.1) is 0 Å². The summed E-state index contributed by atoms with van der Waals surface area (Å²) in [5.74, 6) is -0.755. The molecule has 0 spiro atoms. The summed E-state index contributed by atoms with van der Waals surface area (Å²) in [6, 6.07) is 22.1. The first kappa shape index (κ1) is 30.3. The Labute approximate surface area is 236 Å². The van der Waals surface area contributed by atoms with E-state index in [-0.39, 0.29) is 29.8 Å². The molecule has 0 saturated heterocycles. The van der Waals surface area contributed by atoms with Crippen LogP contribution in [0.4, 0.5) is 0 Å². The molecule has 208 valence electrons. The predicted octanol–water partition coefficient (Wildman–Crippen LogP) is 4.82. The zero-order valence-corrected chi connectivity index (χ0v) is 24.4. The molecule has 0 aromatic heterocycles. The van der Waals surface area contributed by atoms with E-state index < -0.39 is 28.5 Å². The Morgan fingerprint density at radius 2 is 1.59 bits per heavy atom. The van der Waals surface area contributed by atoms with Crippen molar-refractivity contribution in [3.63, 3.8) is 0 Å². The van der Waals surface area contributed by atoms with Gasteiger partial charge in [-0.3, -0.25) is 9.59 Å². The maximum atomic E-state index is 13.9. The van der Waals surface area contributed by atoms with E-state index in [2.05, 4.69) is 5.32 Å². The lowest BCUT2D eigenvalue weighted by atomic mass is 10.0. The number of nitrogens with zero attached hydrogens (tertiary/aromatic N) is 2. The number of carbonyl (C=O) groups is 2. The summed E-state index contributed by atoms with van der Waals surface area (Å²) in [5, 5.41) is 3.43. The van der Waals surface area contributed by atoms with Crippen LogP contribution in [0.3, 0.4) is 0 Å². The summed E-state index contributed by atoms with van der Waals surface area (Å²) in [5.41, 5.74) is 2.76. The van der Waals surface area contributed by atoms with Crippen molar-refractivity contribution in [2.24, 2.45) is 0 Å². The average Bonchev–Trinajstić information content (AvgIpc) is 2.91. The molecule has 0 saturated carbocycles. The number of hydrogen-bond acceptors (Lipinski definition) is 4. The molecular weight excluding hydrogens is 534 g/mol. The van der Waals surface area contributed by atoms with Crippen molar-refractivity contribution in [1.29, 1.82) is 0 Å². The van der Waals surface area contributed by atoms with Crippen LogP contribution in [0, 0.1) is 6.92 Å². The molecule has 0 aliphatic rings. The molecule has 0 heterocycles. The molecule has 0 fully saturated rings. The molecule has 7 nitrogen and oxygen atoms in total. The third kappa shape index (κ3) is 8.39. The van der Waals surface area contributed by atoms with Crippen molar-refractivity contribution in [2.45, 2.75) is 57.1 Å². The number of hydrogen-bond donors (Lipinski definition) is 1. The van der Waals surface area contributed by atoms with Gasteiger partial charge in [0.25, 0.3) is 0 Å². The van der Waals surface area contributed by atoms with Gasteiger partial charge in [0, 0.05) is 31.1 Å². The van der Waals surface area contributed by atoms with E-state index in [1.807, 2.05) is 75.4 Å². The average molecular weight is 570 g/mol. The molecule has 3 aromatic carbocycles. The first-order valence-electron chi connectivity index (χ1n) is 12.9. The van der Waals surface area contributed by atoms with Crippen LogP contribution in [0.25, 0.3) is 0 Å². The van der Waals surface area contributed by atoms with E-state index in [4.69, 9.17) is 11.6 Å². The highest BCUT2D eigenvalue weighted by atomic mass is 35.5. The van der Waals surface area contributed by atoms with Gasteiger partial charge in [0.2, 0.25) is 21.8 Å². The van der Waals surface area contributed by atoms with Gasteiger partial charge >= 0.3 is 0 Å². The Balaban J connectivity index is 1.98. The van der Waals surface area contributed by atoms with Crippen molar-refractivity contribution in [2.75, 3.05) is 13.6 Å². The van der Waals surface area contributed by atoms with Gasteiger partial charge in [-0.25, -0.2) is 8.42 Å². The van der Waals surface area contributed by atoms with E-state index in [9.17, 15) is 18.0 Å². The number of halogens is 1. The fourth-order valence-electron chi connectivity index (χ4n) is 4.16. The second-order valence-corrected chi connectivity index (χ2v) is 12.2. The summed E-state index contributed by atoms with van der Waals surface area (Å²) in [7, 11) is -2.61. The Morgan fingerprint density at radius 3 is 2.21 bits per heavy atom. The maximum Gasteiger partial charge on any atom is 0.243 e. The summed E-state index contributed by atoms with van der Waals surface area (Å²) in [6.07, 6.45) is 1.02. The first-order chi connectivity index (χ1) is 18.5. The van der Waals surface area contributed by atoms with Gasteiger partial charge in [-0.05, 0) is 55.7 Å². The molecule has 2 amide bonds. The maximum absolute atomic E-state index is 13.9. The molecular formula is C30H36ClN3O4S. The number of amides is 2. The Kier molecular flexibility index (Phi) is 10.7. The summed E-state index contributed by atoms with van der Waals surface area (Å²) in [4.78, 5) is 29.0. The van der Waals surface area contributed by atoms with E-state index >= 15 is 0 Å². The SMILES string of the molecule is CC[C@H](C)NC(=O)[C@H](Cc1ccccc1)N(Cc1cccc(C)c1)C(=O)CN(C)S(=O)(=O)c1ccc(Cl)cc1. The minimum absolute atomic E-state index is 0.0304. The summed E-state index contributed by atoms with van der Waals surface area (Å²) in [6.45, 7) is 5.57. The minimum Gasteiger partial charge on any atom is -0.352 e. The van der Waals surface area contributed by atoms with Crippen LogP contribution in [0.2, 0.25) is 5.02 Å². The predicted molar refractivity (Wildman–Crippen MR) is 155 cm³/mol. The van der Waals surface area contributed by atoms with Gasteiger partial charge in [-0.1, -0.05) is 78.7 Å². The van der Waals surface area contributed by atoms with Crippen molar-refractivity contribution >= 4 is 33.4 Å². The quantitative estimate of drug-likeness (QED) is 0.339. The highest BCUT2D eigenvalue weighted by Crippen LogP contribution is 2.20. The lowest BCUT2D eigenvalue weighted by Gasteiger charge is -2.33. The summed E-state index contributed by atoms with van der Waals surface area (Å²) >= 11 is 5.93. The summed E-state index contributed by atoms with van der Waals surface area (Å²) < 4.78 is 27.4. The standard InChI is InChI=1S/C30H36ClN3O4S/c1-5-23(3)32-30(36)28(19-24-11-7-6-8-12-24)34(20-25-13-9-10-22(2)18-25)29(35)21-33(4)39(37,38)27-16-14-26(31)15-17-27/h6-18,23,28H,5,19-21H2,1-4H3,(H,32,36)/t23-,28-/m0/s1. The molecule has 0 unspecified atom stereocenters. The molecule has 1 N–H and O–H groups in total. The molecule has 9 heteroatoms. The highest BCUT2D eigenvalue weighted by molar-refractivity contribution is 7.89. The molecule has 3 rings (SSSR count). The fraction of sp³-hybridized carbons (Fsp3) is 0.333. The lowest BCUT2D eigenvalue weighted by Crippen LogP contribution is -2.54. The van der Waals surface area contributed by atoms with Crippen molar-refractivity contribution in [3.8, 4) is 0 Å².